The predicted octanol–water partition coefficient (Wildman–Crippen LogP) is 2.30. The summed E-state index contributed by atoms with van der Waals surface area (Å²) in [6.07, 6.45) is 5.99. The Balaban J connectivity index is 2.27. The molecule has 0 saturated heterocycles. The maximum absolute atomic E-state index is 5.97. The number of hydrogen-bond acceptors (Lipinski definition) is 4. The summed E-state index contributed by atoms with van der Waals surface area (Å²) in [4.78, 5) is 2.25. The molecule has 0 spiro atoms. The summed E-state index contributed by atoms with van der Waals surface area (Å²) in [6, 6.07) is 0. The fraction of sp³-hybridized carbons (Fsp3) is 0.733. The molecular weight excluding hydrogens is 236 g/mol. The Hall–Kier alpha value is -1.16. The van der Waals surface area contributed by atoms with Gasteiger partial charge in [-0.2, -0.15) is 5.10 Å². The van der Waals surface area contributed by atoms with Crippen molar-refractivity contribution in [3.63, 3.8) is 0 Å². The third-order valence-electron chi connectivity index (χ3n) is 4.26. The lowest BCUT2D eigenvalue weighted by Crippen LogP contribution is -2.31. The number of anilines is 1. The van der Waals surface area contributed by atoms with Gasteiger partial charge in [0.25, 0.3) is 0 Å². The van der Waals surface area contributed by atoms with Crippen molar-refractivity contribution in [3.05, 3.63) is 16.8 Å². The number of aromatic nitrogens is 2. The van der Waals surface area contributed by atoms with E-state index < -0.39 is 0 Å². The van der Waals surface area contributed by atoms with E-state index in [0.717, 1.165) is 36.8 Å². The predicted molar refractivity (Wildman–Crippen MR) is 79.3 cm³/mol. The highest BCUT2D eigenvalue weighted by Gasteiger charge is 2.22. The Morgan fingerprint density at radius 2 is 1.89 bits per heavy atom. The summed E-state index contributed by atoms with van der Waals surface area (Å²) in [5, 5.41) is 8.84. The van der Waals surface area contributed by atoms with Gasteiger partial charge in [-0.1, -0.05) is 20.3 Å². The molecule has 19 heavy (non-hydrogen) atoms. The average molecular weight is 262 g/mol. The lowest BCUT2D eigenvalue weighted by atomic mass is 9.85. The zero-order valence-electron chi connectivity index (χ0n) is 12.4. The van der Waals surface area contributed by atoms with E-state index in [2.05, 4.69) is 36.0 Å². The van der Waals surface area contributed by atoms with Gasteiger partial charge in [-0.15, -0.1) is 5.10 Å². The molecule has 1 aromatic heterocycles. The summed E-state index contributed by atoms with van der Waals surface area (Å²) in [5.41, 5.74) is 9.56. The Morgan fingerprint density at radius 1 is 1.16 bits per heavy atom. The number of hydrogen-bond donors (Lipinski definition) is 1. The van der Waals surface area contributed by atoms with Crippen molar-refractivity contribution in [1.29, 1.82) is 0 Å². The van der Waals surface area contributed by atoms with Gasteiger partial charge in [0.15, 0.2) is 5.82 Å². The first-order valence-electron chi connectivity index (χ1n) is 7.49. The van der Waals surface area contributed by atoms with Gasteiger partial charge in [0.2, 0.25) is 0 Å². The molecule has 0 aromatic carbocycles. The summed E-state index contributed by atoms with van der Waals surface area (Å²) in [7, 11) is 2.12. The molecule has 0 bridgehead atoms. The smallest absolute Gasteiger partial charge is 0.155 e. The minimum atomic E-state index is 0.552. The molecule has 1 aliphatic carbocycles. The van der Waals surface area contributed by atoms with Gasteiger partial charge in [0, 0.05) is 25.7 Å². The van der Waals surface area contributed by atoms with Crippen LogP contribution in [-0.4, -0.2) is 23.8 Å². The molecule has 0 radical (unpaired) electrons. The average Bonchev–Trinajstić information content (AvgIpc) is 2.40. The maximum atomic E-state index is 5.97. The second-order valence-corrected chi connectivity index (χ2v) is 5.52. The van der Waals surface area contributed by atoms with E-state index in [1.165, 1.54) is 30.4 Å². The molecule has 0 aliphatic heterocycles. The quantitative estimate of drug-likeness (QED) is 0.854. The third-order valence-corrected chi connectivity index (χ3v) is 4.26. The second-order valence-electron chi connectivity index (χ2n) is 5.52. The van der Waals surface area contributed by atoms with Crippen LogP contribution in [0.4, 0.5) is 5.82 Å². The van der Waals surface area contributed by atoms with Gasteiger partial charge in [-0.25, -0.2) is 0 Å². The Morgan fingerprint density at radius 3 is 2.37 bits per heavy atom. The molecule has 1 fully saturated rings. The van der Waals surface area contributed by atoms with E-state index in [9.17, 15) is 0 Å². The van der Waals surface area contributed by atoms with E-state index in [0.29, 0.717) is 6.54 Å². The highest BCUT2D eigenvalue weighted by molar-refractivity contribution is 5.50. The van der Waals surface area contributed by atoms with Crippen molar-refractivity contribution in [2.45, 2.75) is 52.5 Å². The van der Waals surface area contributed by atoms with Crippen LogP contribution in [-0.2, 0) is 19.4 Å². The molecule has 4 heteroatoms. The SMILES string of the molecule is CCc1nnc(N(C)CC2CCC2)c(CN)c1CC. The van der Waals surface area contributed by atoms with Crippen LogP contribution in [0.1, 0.15) is 49.9 Å². The summed E-state index contributed by atoms with van der Waals surface area (Å²) in [6.45, 7) is 5.93. The van der Waals surface area contributed by atoms with Crippen LogP contribution >= 0.6 is 0 Å². The van der Waals surface area contributed by atoms with Crippen LogP contribution in [0.15, 0.2) is 0 Å². The van der Waals surface area contributed by atoms with E-state index >= 15 is 0 Å². The molecule has 2 rings (SSSR count). The fourth-order valence-corrected chi connectivity index (χ4v) is 2.91. The van der Waals surface area contributed by atoms with Crippen LogP contribution in [0.5, 0.6) is 0 Å². The van der Waals surface area contributed by atoms with Gasteiger partial charge < -0.3 is 10.6 Å². The largest absolute Gasteiger partial charge is 0.358 e. The molecule has 4 nitrogen and oxygen atoms in total. The van der Waals surface area contributed by atoms with Crippen molar-refractivity contribution in [2.75, 3.05) is 18.5 Å². The molecule has 1 aromatic rings. The minimum absolute atomic E-state index is 0.552. The van der Waals surface area contributed by atoms with E-state index in [1.807, 2.05) is 0 Å². The van der Waals surface area contributed by atoms with Gasteiger partial charge in [0.1, 0.15) is 0 Å². The van der Waals surface area contributed by atoms with Gasteiger partial charge >= 0.3 is 0 Å². The summed E-state index contributed by atoms with van der Waals surface area (Å²) in [5.74, 6) is 1.82. The first kappa shape index (κ1) is 14.3. The minimum Gasteiger partial charge on any atom is -0.358 e. The van der Waals surface area contributed by atoms with Crippen molar-refractivity contribution < 1.29 is 0 Å². The molecule has 0 atom stereocenters. The first-order valence-corrected chi connectivity index (χ1v) is 7.49. The Labute approximate surface area is 116 Å². The third kappa shape index (κ3) is 2.89. The number of aryl methyl sites for hydroxylation is 1. The van der Waals surface area contributed by atoms with Crippen LogP contribution in [0.2, 0.25) is 0 Å². The fourth-order valence-electron chi connectivity index (χ4n) is 2.91. The standard InChI is InChI=1S/C15H26N4/c1-4-12-13(9-16)15(18-17-14(12)5-2)19(3)10-11-7-6-8-11/h11H,4-10,16H2,1-3H3. The van der Waals surface area contributed by atoms with Gasteiger partial charge in [-0.05, 0) is 37.2 Å². The van der Waals surface area contributed by atoms with Crippen LogP contribution in [0.25, 0.3) is 0 Å². The molecular formula is C15H26N4. The highest BCUT2D eigenvalue weighted by atomic mass is 15.3. The molecule has 106 valence electrons. The maximum Gasteiger partial charge on any atom is 0.155 e. The van der Waals surface area contributed by atoms with Gasteiger partial charge in [0.05, 0.1) is 5.69 Å². The molecule has 1 saturated carbocycles. The van der Waals surface area contributed by atoms with Crippen LogP contribution < -0.4 is 10.6 Å². The second kappa shape index (κ2) is 6.33. The topological polar surface area (TPSA) is 55.0 Å². The summed E-state index contributed by atoms with van der Waals surface area (Å²) < 4.78 is 0. The van der Waals surface area contributed by atoms with Crippen molar-refractivity contribution >= 4 is 5.82 Å². The van der Waals surface area contributed by atoms with Crippen molar-refractivity contribution in [1.82, 2.24) is 10.2 Å². The lowest BCUT2D eigenvalue weighted by molar-refractivity contribution is 0.320. The van der Waals surface area contributed by atoms with E-state index in [4.69, 9.17) is 5.73 Å². The van der Waals surface area contributed by atoms with Crippen LogP contribution in [0.3, 0.4) is 0 Å². The number of nitrogens with zero attached hydrogens (tertiary/aromatic N) is 3. The van der Waals surface area contributed by atoms with E-state index in [-0.39, 0.29) is 0 Å². The lowest BCUT2D eigenvalue weighted by Gasteiger charge is -2.31. The molecule has 2 N–H and O–H groups in total. The highest BCUT2D eigenvalue weighted by Crippen LogP contribution is 2.29. The first-order chi connectivity index (χ1) is 9.21. The molecule has 1 aliphatic rings. The number of nitrogens with two attached hydrogens (primary N) is 1. The van der Waals surface area contributed by atoms with Crippen molar-refractivity contribution in [3.8, 4) is 0 Å². The molecule has 1 heterocycles. The molecule has 0 amide bonds. The van der Waals surface area contributed by atoms with Crippen LogP contribution in [0, 0.1) is 5.92 Å². The monoisotopic (exact) mass is 262 g/mol. The Bertz CT molecular complexity index is 426. The normalized spacial score (nSPS) is 15.4. The van der Waals surface area contributed by atoms with Gasteiger partial charge in [-0.3, -0.25) is 0 Å². The van der Waals surface area contributed by atoms with Crippen molar-refractivity contribution in [2.24, 2.45) is 11.7 Å². The number of rotatable bonds is 6. The molecule has 0 unspecified atom stereocenters. The zero-order valence-corrected chi connectivity index (χ0v) is 12.4. The van der Waals surface area contributed by atoms with E-state index in [1.54, 1.807) is 0 Å². The zero-order chi connectivity index (χ0) is 13.8. The Kier molecular flexibility index (Phi) is 4.75. The summed E-state index contributed by atoms with van der Waals surface area (Å²) >= 11 is 0.